The number of likely N-dealkylation sites (tertiary alicyclic amines) is 1. The zero-order valence-corrected chi connectivity index (χ0v) is 16.3. The lowest BCUT2D eigenvalue weighted by Gasteiger charge is -2.37. The molecule has 2 aromatic rings. The van der Waals surface area contributed by atoms with E-state index >= 15 is 0 Å². The zero-order valence-electron chi connectivity index (χ0n) is 16.3. The Balaban J connectivity index is 1.30. The fraction of sp³-hybridized carbons (Fsp3) is 0.478. The van der Waals surface area contributed by atoms with Gasteiger partial charge < -0.3 is 5.32 Å². The monoisotopic (exact) mass is 363 g/mol. The summed E-state index contributed by atoms with van der Waals surface area (Å²) >= 11 is 0. The Morgan fingerprint density at radius 2 is 1.85 bits per heavy atom. The molecule has 4 heteroatoms. The maximum atomic E-state index is 12.9. The number of carbonyl (C=O) groups excluding carboxylic acids is 1. The van der Waals surface area contributed by atoms with Gasteiger partial charge in [0.25, 0.3) is 0 Å². The van der Waals surface area contributed by atoms with Crippen molar-refractivity contribution >= 4 is 5.91 Å². The van der Waals surface area contributed by atoms with E-state index in [0.717, 1.165) is 32.4 Å². The van der Waals surface area contributed by atoms with Crippen LogP contribution in [-0.2, 0) is 11.2 Å². The number of amides is 1. The highest BCUT2D eigenvalue weighted by atomic mass is 16.2. The summed E-state index contributed by atoms with van der Waals surface area (Å²) in [5, 5.41) is 3.35. The van der Waals surface area contributed by atoms with Crippen molar-refractivity contribution in [2.75, 3.05) is 13.1 Å². The summed E-state index contributed by atoms with van der Waals surface area (Å²) in [4.78, 5) is 19.5. The van der Waals surface area contributed by atoms with Crippen molar-refractivity contribution in [3.8, 4) is 0 Å². The molecule has 1 saturated heterocycles. The fourth-order valence-corrected chi connectivity index (χ4v) is 4.71. The molecule has 1 aromatic heterocycles. The molecule has 1 amide bonds. The van der Waals surface area contributed by atoms with E-state index in [1.165, 1.54) is 16.7 Å². The molecule has 0 saturated carbocycles. The molecular formula is C23H29N3O. The van der Waals surface area contributed by atoms with Crippen LogP contribution in [0, 0.1) is 5.92 Å². The van der Waals surface area contributed by atoms with E-state index in [1.54, 1.807) is 0 Å². The maximum Gasteiger partial charge on any atom is 0.224 e. The maximum absolute atomic E-state index is 12.9. The minimum Gasteiger partial charge on any atom is -0.353 e. The number of carbonyl (C=O) groups is 1. The van der Waals surface area contributed by atoms with Gasteiger partial charge in [-0.05, 0) is 60.9 Å². The molecule has 0 spiro atoms. The van der Waals surface area contributed by atoms with Crippen LogP contribution < -0.4 is 5.32 Å². The number of rotatable bonds is 4. The Bertz CT molecular complexity index is 783. The van der Waals surface area contributed by atoms with Crippen LogP contribution in [-0.4, -0.2) is 34.9 Å². The van der Waals surface area contributed by atoms with Gasteiger partial charge in [0, 0.05) is 43.5 Å². The molecule has 0 bridgehead atoms. The molecule has 2 aliphatic rings. The molecule has 1 aliphatic carbocycles. The number of aromatic nitrogens is 1. The number of fused-ring (bicyclic) bond motifs is 1. The van der Waals surface area contributed by atoms with Crippen LogP contribution in [0.25, 0.3) is 0 Å². The van der Waals surface area contributed by atoms with Crippen molar-refractivity contribution in [3.63, 3.8) is 0 Å². The summed E-state index contributed by atoms with van der Waals surface area (Å²) in [6.45, 7) is 6.49. The van der Waals surface area contributed by atoms with Gasteiger partial charge in [-0.1, -0.05) is 31.2 Å². The van der Waals surface area contributed by atoms with Crippen molar-refractivity contribution in [3.05, 3.63) is 65.5 Å². The molecule has 142 valence electrons. The number of benzene rings is 1. The third kappa shape index (κ3) is 3.77. The van der Waals surface area contributed by atoms with Gasteiger partial charge in [0.1, 0.15) is 0 Å². The molecule has 2 heterocycles. The molecule has 1 N–H and O–H groups in total. The molecule has 3 unspecified atom stereocenters. The first-order chi connectivity index (χ1) is 13.1. The summed E-state index contributed by atoms with van der Waals surface area (Å²) in [5.41, 5.74) is 4.00. The molecular weight excluding hydrogens is 334 g/mol. The topological polar surface area (TPSA) is 45.2 Å². The highest BCUT2D eigenvalue weighted by Crippen LogP contribution is 2.37. The number of piperidine rings is 1. The minimum absolute atomic E-state index is 0.0798. The SMILES string of the molecule is CC1c2ccccc2CC1C(=O)NC1CCN(C(C)c2ccncc2)CC1. The molecule has 4 nitrogen and oxygen atoms in total. The van der Waals surface area contributed by atoms with Gasteiger partial charge >= 0.3 is 0 Å². The third-order valence-electron chi connectivity index (χ3n) is 6.54. The van der Waals surface area contributed by atoms with Crippen LogP contribution in [0.3, 0.4) is 0 Å². The number of pyridine rings is 1. The zero-order chi connectivity index (χ0) is 18.8. The third-order valence-corrected chi connectivity index (χ3v) is 6.54. The van der Waals surface area contributed by atoms with E-state index in [2.05, 4.69) is 65.4 Å². The average molecular weight is 364 g/mol. The Hall–Kier alpha value is -2.20. The largest absolute Gasteiger partial charge is 0.353 e. The lowest BCUT2D eigenvalue weighted by Crippen LogP contribution is -2.47. The molecule has 0 radical (unpaired) electrons. The normalized spacial score (nSPS) is 24.4. The summed E-state index contributed by atoms with van der Waals surface area (Å²) < 4.78 is 0. The first kappa shape index (κ1) is 18.2. The van der Waals surface area contributed by atoms with Crippen molar-refractivity contribution in [2.45, 2.75) is 51.1 Å². The van der Waals surface area contributed by atoms with Crippen LogP contribution in [0.2, 0.25) is 0 Å². The molecule has 1 fully saturated rings. The second kappa shape index (κ2) is 7.81. The Labute approximate surface area is 162 Å². The first-order valence-electron chi connectivity index (χ1n) is 10.2. The van der Waals surface area contributed by atoms with Crippen LogP contribution in [0.15, 0.2) is 48.8 Å². The van der Waals surface area contributed by atoms with E-state index in [1.807, 2.05) is 12.4 Å². The Morgan fingerprint density at radius 1 is 1.15 bits per heavy atom. The van der Waals surface area contributed by atoms with E-state index < -0.39 is 0 Å². The van der Waals surface area contributed by atoms with Crippen LogP contribution >= 0.6 is 0 Å². The van der Waals surface area contributed by atoms with E-state index in [-0.39, 0.29) is 11.8 Å². The predicted octanol–water partition coefficient (Wildman–Crippen LogP) is 3.70. The smallest absolute Gasteiger partial charge is 0.224 e. The Kier molecular flexibility index (Phi) is 5.26. The summed E-state index contributed by atoms with van der Waals surface area (Å²) in [7, 11) is 0. The van der Waals surface area contributed by atoms with Gasteiger partial charge in [-0.2, -0.15) is 0 Å². The van der Waals surface area contributed by atoms with Crippen molar-refractivity contribution < 1.29 is 4.79 Å². The van der Waals surface area contributed by atoms with Gasteiger partial charge in [-0.25, -0.2) is 0 Å². The molecule has 27 heavy (non-hydrogen) atoms. The van der Waals surface area contributed by atoms with Gasteiger partial charge in [0.2, 0.25) is 5.91 Å². The second-order valence-corrected chi connectivity index (χ2v) is 8.07. The van der Waals surface area contributed by atoms with Gasteiger partial charge in [-0.15, -0.1) is 0 Å². The number of hydrogen-bond donors (Lipinski definition) is 1. The van der Waals surface area contributed by atoms with E-state index in [4.69, 9.17) is 0 Å². The number of nitrogens with zero attached hydrogens (tertiary/aromatic N) is 2. The Morgan fingerprint density at radius 3 is 2.56 bits per heavy atom. The highest BCUT2D eigenvalue weighted by Gasteiger charge is 2.35. The highest BCUT2D eigenvalue weighted by molar-refractivity contribution is 5.81. The van der Waals surface area contributed by atoms with E-state index in [9.17, 15) is 4.79 Å². The van der Waals surface area contributed by atoms with Gasteiger partial charge in [0.05, 0.1) is 0 Å². The van der Waals surface area contributed by atoms with Crippen molar-refractivity contribution in [1.82, 2.24) is 15.2 Å². The molecule has 1 aromatic carbocycles. The second-order valence-electron chi connectivity index (χ2n) is 8.07. The standard InChI is InChI=1S/C23H29N3O/c1-16-21-6-4-3-5-19(21)15-22(16)23(27)25-20-9-13-26(14-10-20)17(2)18-7-11-24-12-8-18/h3-8,11-12,16-17,20,22H,9-10,13-15H2,1-2H3,(H,25,27). The van der Waals surface area contributed by atoms with Crippen LogP contribution in [0.1, 0.15) is 55.3 Å². The molecule has 1 aliphatic heterocycles. The quantitative estimate of drug-likeness (QED) is 0.901. The van der Waals surface area contributed by atoms with Gasteiger partial charge in [0.15, 0.2) is 0 Å². The van der Waals surface area contributed by atoms with E-state index in [0.29, 0.717) is 18.0 Å². The summed E-state index contributed by atoms with van der Waals surface area (Å²) in [5.74, 6) is 0.628. The summed E-state index contributed by atoms with van der Waals surface area (Å²) in [6.07, 6.45) is 6.64. The van der Waals surface area contributed by atoms with Crippen LogP contribution in [0.4, 0.5) is 0 Å². The molecule has 4 rings (SSSR count). The van der Waals surface area contributed by atoms with Crippen LogP contribution in [0.5, 0.6) is 0 Å². The molecule has 3 atom stereocenters. The lowest BCUT2D eigenvalue weighted by molar-refractivity contribution is -0.126. The minimum atomic E-state index is 0.0798. The number of nitrogens with one attached hydrogen (secondary N) is 1. The number of hydrogen-bond acceptors (Lipinski definition) is 3. The van der Waals surface area contributed by atoms with Crippen molar-refractivity contribution in [2.24, 2.45) is 5.92 Å². The summed E-state index contributed by atoms with van der Waals surface area (Å²) in [6, 6.07) is 13.4. The predicted molar refractivity (Wildman–Crippen MR) is 107 cm³/mol. The van der Waals surface area contributed by atoms with Gasteiger partial charge in [-0.3, -0.25) is 14.7 Å². The first-order valence-corrected chi connectivity index (χ1v) is 10.2. The van der Waals surface area contributed by atoms with Crippen molar-refractivity contribution in [1.29, 1.82) is 0 Å². The fourth-order valence-electron chi connectivity index (χ4n) is 4.71. The lowest BCUT2D eigenvalue weighted by atomic mass is 9.93. The average Bonchev–Trinajstić information content (AvgIpc) is 3.06.